The average Bonchev–Trinajstić information content (AvgIpc) is 3.23. The fourth-order valence-corrected chi connectivity index (χ4v) is 4.11. The summed E-state index contributed by atoms with van der Waals surface area (Å²) in [6.45, 7) is 3.94. The van der Waals surface area contributed by atoms with Crippen molar-refractivity contribution in [2.24, 2.45) is 0 Å². The molecule has 7 heteroatoms. The van der Waals surface area contributed by atoms with Crippen molar-refractivity contribution in [1.29, 1.82) is 0 Å². The van der Waals surface area contributed by atoms with Crippen LogP contribution in [-0.2, 0) is 0 Å². The predicted octanol–water partition coefficient (Wildman–Crippen LogP) is 4.68. The summed E-state index contributed by atoms with van der Waals surface area (Å²) < 4.78 is 1.05. The first-order chi connectivity index (χ1) is 12.1. The molecule has 0 saturated heterocycles. The number of pyridine rings is 1. The number of aromatic nitrogens is 3. The molecule has 0 radical (unpaired) electrons. The molecule has 0 aliphatic heterocycles. The van der Waals surface area contributed by atoms with Gasteiger partial charge in [0, 0.05) is 34.5 Å². The number of fused-ring (bicyclic) bond motifs is 1. The van der Waals surface area contributed by atoms with Crippen LogP contribution >= 0.6 is 22.7 Å². The molecule has 4 rings (SSSR count). The van der Waals surface area contributed by atoms with Crippen molar-refractivity contribution in [2.45, 2.75) is 13.8 Å². The number of carbonyl (C=O) groups excluding carboxylic acids is 1. The molecule has 0 bridgehead atoms. The van der Waals surface area contributed by atoms with Gasteiger partial charge in [0.1, 0.15) is 0 Å². The Kier molecular flexibility index (Phi) is 4.03. The highest BCUT2D eigenvalue weighted by molar-refractivity contribution is 7.17. The Labute approximate surface area is 152 Å². The molecule has 5 nitrogen and oxygen atoms in total. The van der Waals surface area contributed by atoms with Crippen LogP contribution in [0.4, 0.5) is 5.13 Å². The molecule has 124 valence electrons. The van der Waals surface area contributed by atoms with Crippen LogP contribution in [0.15, 0.2) is 41.5 Å². The summed E-state index contributed by atoms with van der Waals surface area (Å²) in [5.41, 5.74) is 7.16. The third-order valence-electron chi connectivity index (χ3n) is 3.86. The van der Waals surface area contributed by atoms with Crippen LogP contribution in [0.1, 0.15) is 21.6 Å². The summed E-state index contributed by atoms with van der Waals surface area (Å²) in [5, 5.41) is 5.36. The van der Waals surface area contributed by atoms with E-state index in [0.717, 1.165) is 32.6 Å². The van der Waals surface area contributed by atoms with Crippen molar-refractivity contribution in [3.8, 4) is 11.1 Å². The predicted molar refractivity (Wildman–Crippen MR) is 102 cm³/mol. The van der Waals surface area contributed by atoms with Crippen LogP contribution in [-0.4, -0.2) is 20.9 Å². The number of nitrogens with zero attached hydrogens (tertiary/aromatic N) is 3. The summed E-state index contributed by atoms with van der Waals surface area (Å²) in [7, 11) is 0. The van der Waals surface area contributed by atoms with E-state index in [-0.39, 0.29) is 5.91 Å². The molecule has 3 heterocycles. The van der Waals surface area contributed by atoms with Gasteiger partial charge in [-0.15, -0.1) is 22.7 Å². The maximum absolute atomic E-state index is 12.7. The third-order valence-corrected chi connectivity index (χ3v) is 5.61. The van der Waals surface area contributed by atoms with E-state index in [4.69, 9.17) is 0 Å². The normalized spacial score (nSPS) is 11.0. The number of amides is 1. The third kappa shape index (κ3) is 3.04. The maximum Gasteiger partial charge on any atom is 0.257 e. The van der Waals surface area contributed by atoms with E-state index in [1.807, 2.05) is 43.6 Å². The second-order valence-electron chi connectivity index (χ2n) is 5.66. The first kappa shape index (κ1) is 15.9. The molecule has 0 atom stereocenters. The van der Waals surface area contributed by atoms with Crippen molar-refractivity contribution >= 4 is 43.9 Å². The van der Waals surface area contributed by atoms with Crippen LogP contribution in [0.3, 0.4) is 0 Å². The number of nitrogens with one attached hydrogen (secondary N) is 1. The van der Waals surface area contributed by atoms with Gasteiger partial charge in [-0.05, 0) is 37.6 Å². The van der Waals surface area contributed by atoms with Gasteiger partial charge in [0.15, 0.2) is 5.13 Å². The minimum Gasteiger partial charge on any atom is -0.298 e. The van der Waals surface area contributed by atoms with Crippen molar-refractivity contribution in [3.05, 3.63) is 58.3 Å². The molecule has 3 aromatic heterocycles. The van der Waals surface area contributed by atoms with Crippen LogP contribution < -0.4 is 5.32 Å². The number of anilines is 1. The van der Waals surface area contributed by atoms with Crippen LogP contribution in [0, 0.1) is 13.8 Å². The Bertz CT molecular complexity index is 1080. The highest BCUT2D eigenvalue weighted by Crippen LogP contribution is 2.34. The van der Waals surface area contributed by atoms with Gasteiger partial charge in [0.05, 0.1) is 21.4 Å². The van der Waals surface area contributed by atoms with E-state index in [1.54, 1.807) is 23.0 Å². The highest BCUT2D eigenvalue weighted by Gasteiger charge is 2.15. The molecule has 0 saturated carbocycles. The quantitative estimate of drug-likeness (QED) is 0.571. The summed E-state index contributed by atoms with van der Waals surface area (Å²) in [6.07, 6.45) is 3.60. The molecule has 0 aliphatic rings. The molecular formula is C18H14N4OS2. The van der Waals surface area contributed by atoms with Gasteiger partial charge in [-0.3, -0.25) is 15.1 Å². The Morgan fingerprint density at radius 1 is 1.16 bits per heavy atom. The van der Waals surface area contributed by atoms with Gasteiger partial charge >= 0.3 is 0 Å². The van der Waals surface area contributed by atoms with E-state index in [0.29, 0.717) is 10.7 Å². The minimum absolute atomic E-state index is 0.188. The van der Waals surface area contributed by atoms with Gasteiger partial charge in [0.2, 0.25) is 0 Å². The van der Waals surface area contributed by atoms with E-state index in [2.05, 4.69) is 20.3 Å². The Hall–Kier alpha value is -2.64. The van der Waals surface area contributed by atoms with Crippen LogP contribution in [0.5, 0.6) is 0 Å². The second-order valence-corrected chi connectivity index (χ2v) is 7.38. The number of hydrogen-bond donors (Lipinski definition) is 1. The van der Waals surface area contributed by atoms with Gasteiger partial charge in [-0.2, -0.15) is 0 Å². The van der Waals surface area contributed by atoms with E-state index in [1.165, 1.54) is 11.3 Å². The first-order valence-electron chi connectivity index (χ1n) is 7.63. The standard InChI is InChI=1S/C18H14N4OS2/c1-10-3-4-19-7-14(10)13-5-12(6-15-16(13)25-9-20-15)17(23)22-18-21-11(2)8-24-18/h3-9H,1-2H3,(H,21,22,23). The van der Waals surface area contributed by atoms with E-state index < -0.39 is 0 Å². The summed E-state index contributed by atoms with van der Waals surface area (Å²) in [5.74, 6) is -0.188. The largest absolute Gasteiger partial charge is 0.298 e. The zero-order valence-corrected chi connectivity index (χ0v) is 15.2. The summed E-state index contributed by atoms with van der Waals surface area (Å²) in [4.78, 5) is 25.6. The molecular weight excluding hydrogens is 352 g/mol. The number of rotatable bonds is 3. The number of hydrogen-bond acceptors (Lipinski definition) is 6. The van der Waals surface area contributed by atoms with Crippen molar-refractivity contribution in [2.75, 3.05) is 5.32 Å². The topological polar surface area (TPSA) is 67.8 Å². The smallest absolute Gasteiger partial charge is 0.257 e. The number of carbonyl (C=O) groups is 1. The SMILES string of the molecule is Cc1csc(NC(=O)c2cc(-c3cnccc3C)c3scnc3c2)n1. The summed E-state index contributed by atoms with van der Waals surface area (Å²) >= 11 is 2.98. The monoisotopic (exact) mass is 366 g/mol. The van der Waals surface area contributed by atoms with Crippen molar-refractivity contribution in [1.82, 2.24) is 15.0 Å². The Morgan fingerprint density at radius 3 is 2.80 bits per heavy atom. The van der Waals surface area contributed by atoms with Gasteiger partial charge in [0.25, 0.3) is 5.91 Å². The highest BCUT2D eigenvalue weighted by atomic mass is 32.1. The molecule has 0 aliphatic carbocycles. The second kappa shape index (κ2) is 6.34. The fourth-order valence-electron chi connectivity index (χ4n) is 2.63. The first-order valence-corrected chi connectivity index (χ1v) is 9.39. The van der Waals surface area contributed by atoms with E-state index in [9.17, 15) is 4.79 Å². The molecule has 1 N–H and O–H groups in total. The maximum atomic E-state index is 12.7. The molecule has 4 aromatic rings. The van der Waals surface area contributed by atoms with Gasteiger partial charge in [-0.25, -0.2) is 9.97 Å². The molecule has 1 amide bonds. The average molecular weight is 366 g/mol. The lowest BCUT2D eigenvalue weighted by Gasteiger charge is -2.09. The minimum atomic E-state index is -0.188. The lowest BCUT2D eigenvalue weighted by Crippen LogP contribution is -2.12. The Morgan fingerprint density at radius 2 is 2.04 bits per heavy atom. The molecule has 0 spiro atoms. The summed E-state index contributed by atoms with van der Waals surface area (Å²) in [6, 6.07) is 5.68. The number of aryl methyl sites for hydroxylation is 2. The van der Waals surface area contributed by atoms with E-state index >= 15 is 0 Å². The zero-order valence-electron chi connectivity index (χ0n) is 13.6. The van der Waals surface area contributed by atoms with Crippen LogP contribution in [0.2, 0.25) is 0 Å². The number of benzene rings is 1. The lowest BCUT2D eigenvalue weighted by atomic mass is 10.00. The fraction of sp³-hybridized carbons (Fsp3) is 0.111. The molecule has 0 unspecified atom stereocenters. The van der Waals surface area contributed by atoms with Gasteiger partial charge < -0.3 is 0 Å². The van der Waals surface area contributed by atoms with Crippen molar-refractivity contribution in [3.63, 3.8) is 0 Å². The Balaban J connectivity index is 1.80. The number of thiazole rings is 2. The van der Waals surface area contributed by atoms with Crippen LogP contribution in [0.25, 0.3) is 21.3 Å². The van der Waals surface area contributed by atoms with Crippen molar-refractivity contribution < 1.29 is 4.79 Å². The molecule has 0 fully saturated rings. The molecule has 1 aromatic carbocycles. The zero-order chi connectivity index (χ0) is 17.4. The molecule has 25 heavy (non-hydrogen) atoms. The van der Waals surface area contributed by atoms with Gasteiger partial charge in [-0.1, -0.05) is 0 Å². The lowest BCUT2D eigenvalue weighted by molar-refractivity contribution is 0.102.